The van der Waals surface area contributed by atoms with Gasteiger partial charge in [-0.1, -0.05) is 26.0 Å². The third kappa shape index (κ3) is 5.76. The summed E-state index contributed by atoms with van der Waals surface area (Å²) in [5.74, 6) is 0.596. The van der Waals surface area contributed by atoms with Crippen LogP contribution < -0.4 is 10.2 Å². The molecule has 1 fully saturated rings. The predicted molar refractivity (Wildman–Crippen MR) is 114 cm³/mol. The number of alkyl halides is 3. The van der Waals surface area contributed by atoms with Crippen LogP contribution in [0, 0.1) is 5.92 Å². The van der Waals surface area contributed by atoms with Crippen molar-refractivity contribution in [3.8, 4) is 11.1 Å². The van der Waals surface area contributed by atoms with Gasteiger partial charge < -0.3 is 15.3 Å². The molecule has 2 aromatic rings. The van der Waals surface area contributed by atoms with Crippen molar-refractivity contribution in [1.82, 2.24) is 10.3 Å². The van der Waals surface area contributed by atoms with E-state index < -0.39 is 11.7 Å². The molecule has 0 aliphatic carbocycles. The predicted octanol–water partition coefficient (Wildman–Crippen LogP) is 4.50. The van der Waals surface area contributed by atoms with Gasteiger partial charge in [0.25, 0.3) is 5.91 Å². The lowest BCUT2D eigenvalue weighted by Gasteiger charge is -2.22. The first-order valence-corrected chi connectivity index (χ1v) is 10.5. The van der Waals surface area contributed by atoms with Gasteiger partial charge in [0.1, 0.15) is 5.82 Å². The molecule has 168 valence electrons. The molecule has 0 saturated carbocycles. The van der Waals surface area contributed by atoms with Crippen LogP contribution >= 0.6 is 0 Å². The van der Waals surface area contributed by atoms with Gasteiger partial charge in [0.15, 0.2) is 0 Å². The molecule has 2 N–H and O–H groups in total. The van der Waals surface area contributed by atoms with Crippen LogP contribution in [0.2, 0.25) is 0 Å². The summed E-state index contributed by atoms with van der Waals surface area (Å²) in [6, 6.07) is 6.20. The normalized spacial score (nSPS) is 15.4. The Kier molecular flexibility index (Phi) is 7.20. The molecule has 0 unspecified atom stereocenters. The molecular formula is C23H28F3N3O2. The summed E-state index contributed by atoms with van der Waals surface area (Å²) in [4.78, 5) is 19.4. The fraction of sp³-hybridized carbons (Fsp3) is 0.478. The van der Waals surface area contributed by atoms with Crippen LogP contribution in [0.1, 0.15) is 49.0 Å². The van der Waals surface area contributed by atoms with Crippen LogP contribution in [0.5, 0.6) is 0 Å². The molecule has 2 heterocycles. The number of halogens is 3. The monoisotopic (exact) mass is 435 g/mol. The van der Waals surface area contributed by atoms with Gasteiger partial charge in [-0.15, -0.1) is 0 Å². The zero-order valence-corrected chi connectivity index (χ0v) is 17.7. The standard InChI is InChI=1S/C23H28F3N3O2/c1-15(2)11-19(14-30)28-22(31)17-12-20(21(27-13-17)29-9-3-4-10-29)16-5-7-18(8-6-16)23(24,25)26/h5-8,12-13,15,19,30H,3-4,9-11,14H2,1-2H3,(H,28,31)/t19-/m1/s1. The van der Waals surface area contributed by atoms with E-state index in [1.807, 2.05) is 13.8 Å². The summed E-state index contributed by atoms with van der Waals surface area (Å²) >= 11 is 0. The van der Waals surface area contributed by atoms with E-state index in [0.29, 0.717) is 34.8 Å². The number of nitrogens with one attached hydrogen (secondary N) is 1. The highest BCUT2D eigenvalue weighted by molar-refractivity contribution is 5.96. The first-order valence-electron chi connectivity index (χ1n) is 10.5. The molecule has 1 aliphatic heterocycles. The van der Waals surface area contributed by atoms with Crippen molar-refractivity contribution in [2.24, 2.45) is 5.92 Å². The number of hydrogen-bond acceptors (Lipinski definition) is 4. The number of anilines is 1. The molecule has 1 amide bonds. The highest BCUT2D eigenvalue weighted by Gasteiger charge is 2.30. The Hall–Kier alpha value is -2.61. The summed E-state index contributed by atoms with van der Waals surface area (Å²) in [7, 11) is 0. The molecule has 31 heavy (non-hydrogen) atoms. The maximum absolute atomic E-state index is 13.0. The lowest BCUT2D eigenvalue weighted by atomic mass is 10.0. The smallest absolute Gasteiger partial charge is 0.394 e. The summed E-state index contributed by atoms with van der Waals surface area (Å²) in [6.07, 6.45) is -0.257. The fourth-order valence-corrected chi connectivity index (χ4v) is 3.83. The van der Waals surface area contributed by atoms with Crippen LogP contribution in [0.4, 0.5) is 19.0 Å². The van der Waals surface area contributed by atoms with Crippen LogP contribution in [-0.2, 0) is 6.18 Å². The third-order valence-electron chi connectivity index (χ3n) is 5.37. The summed E-state index contributed by atoms with van der Waals surface area (Å²) < 4.78 is 38.9. The minimum Gasteiger partial charge on any atom is -0.394 e. The van der Waals surface area contributed by atoms with E-state index in [1.54, 1.807) is 6.07 Å². The van der Waals surface area contributed by atoms with Crippen molar-refractivity contribution in [3.63, 3.8) is 0 Å². The second-order valence-electron chi connectivity index (χ2n) is 8.35. The Labute approximate surface area is 180 Å². The molecule has 1 aliphatic rings. The summed E-state index contributed by atoms with van der Waals surface area (Å²) in [5, 5.41) is 12.4. The molecule has 8 heteroatoms. The van der Waals surface area contributed by atoms with E-state index in [4.69, 9.17) is 0 Å². The number of rotatable bonds is 7. The molecule has 1 aromatic carbocycles. The van der Waals surface area contributed by atoms with E-state index in [2.05, 4.69) is 15.2 Å². The number of benzene rings is 1. The van der Waals surface area contributed by atoms with E-state index in [-0.39, 0.29) is 18.6 Å². The van der Waals surface area contributed by atoms with Crippen molar-refractivity contribution in [2.45, 2.75) is 45.3 Å². The molecule has 5 nitrogen and oxygen atoms in total. The van der Waals surface area contributed by atoms with Gasteiger partial charge in [-0.25, -0.2) is 4.98 Å². The van der Waals surface area contributed by atoms with Crippen LogP contribution in [0.3, 0.4) is 0 Å². The molecule has 0 spiro atoms. The average Bonchev–Trinajstić information content (AvgIpc) is 3.26. The van der Waals surface area contributed by atoms with Gasteiger partial charge in [0.2, 0.25) is 0 Å². The zero-order chi connectivity index (χ0) is 22.6. The molecule has 0 bridgehead atoms. The van der Waals surface area contributed by atoms with Crippen LogP contribution in [0.25, 0.3) is 11.1 Å². The van der Waals surface area contributed by atoms with Crippen molar-refractivity contribution in [3.05, 3.63) is 47.7 Å². The SMILES string of the molecule is CC(C)C[C@H](CO)NC(=O)c1cnc(N2CCCC2)c(-c2ccc(C(F)(F)F)cc2)c1. The van der Waals surface area contributed by atoms with Crippen LogP contribution in [-0.4, -0.2) is 41.7 Å². The second-order valence-corrected chi connectivity index (χ2v) is 8.35. The second kappa shape index (κ2) is 9.68. The molecule has 1 atom stereocenters. The van der Waals surface area contributed by atoms with Gasteiger partial charge >= 0.3 is 6.18 Å². The maximum Gasteiger partial charge on any atom is 0.416 e. The highest BCUT2D eigenvalue weighted by atomic mass is 19.4. The van der Waals surface area contributed by atoms with E-state index >= 15 is 0 Å². The number of amides is 1. The van der Waals surface area contributed by atoms with Gasteiger partial charge in [0, 0.05) is 24.8 Å². The number of carbonyl (C=O) groups excluding carboxylic acids is 1. The Bertz CT molecular complexity index is 892. The fourth-order valence-electron chi connectivity index (χ4n) is 3.83. The first-order chi connectivity index (χ1) is 14.7. The number of aliphatic hydroxyl groups excluding tert-OH is 1. The lowest BCUT2D eigenvalue weighted by molar-refractivity contribution is -0.137. The van der Waals surface area contributed by atoms with Crippen molar-refractivity contribution < 1.29 is 23.1 Å². The summed E-state index contributed by atoms with van der Waals surface area (Å²) in [5.41, 5.74) is 0.769. The number of aromatic nitrogens is 1. The van der Waals surface area contributed by atoms with Gasteiger partial charge in [-0.3, -0.25) is 4.79 Å². The van der Waals surface area contributed by atoms with Gasteiger partial charge in [-0.05, 0) is 48.9 Å². The zero-order valence-electron chi connectivity index (χ0n) is 17.7. The Morgan fingerprint density at radius 1 is 1.19 bits per heavy atom. The van der Waals surface area contributed by atoms with Crippen molar-refractivity contribution >= 4 is 11.7 Å². The molecular weight excluding hydrogens is 407 g/mol. The van der Waals surface area contributed by atoms with Gasteiger partial charge in [0.05, 0.1) is 23.8 Å². The topological polar surface area (TPSA) is 65.5 Å². The minimum atomic E-state index is -4.41. The largest absolute Gasteiger partial charge is 0.416 e. The number of carbonyl (C=O) groups is 1. The van der Waals surface area contributed by atoms with E-state index in [0.717, 1.165) is 38.1 Å². The van der Waals surface area contributed by atoms with E-state index in [1.165, 1.54) is 18.3 Å². The van der Waals surface area contributed by atoms with Crippen molar-refractivity contribution in [1.29, 1.82) is 0 Å². The van der Waals surface area contributed by atoms with Gasteiger partial charge in [-0.2, -0.15) is 13.2 Å². The van der Waals surface area contributed by atoms with Crippen molar-refractivity contribution in [2.75, 3.05) is 24.6 Å². The molecule has 0 radical (unpaired) electrons. The Morgan fingerprint density at radius 3 is 2.39 bits per heavy atom. The highest BCUT2D eigenvalue weighted by Crippen LogP contribution is 2.35. The Morgan fingerprint density at radius 2 is 1.84 bits per heavy atom. The summed E-state index contributed by atoms with van der Waals surface area (Å²) in [6.45, 7) is 5.46. The molecule has 1 saturated heterocycles. The number of nitrogens with zero attached hydrogens (tertiary/aromatic N) is 2. The number of aliphatic hydroxyl groups is 1. The lowest BCUT2D eigenvalue weighted by Crippen LogP contribution is -2.38. The molecule has 3 rings (SSSR count). The maximum atomic E-state index is 13.0. The minimum absolute atomic E-state index is 0.172. The Balaban J connectivity index is 1.94. The number of hydrogen-bond donors (Lipinski definition) is 2. The first kappa shape index (κ1) is 23.1. The molecule has 1 aromatic heterocycles. The third-order valence-corrected chi connectivity index (χ3v) is 5.37. The van der Waals surface area contributed by atoms with E-state index in [9.17, 15) is 23.1 Å². The average molecular weight is 435 g/mol. The number of pyridine rings is 1. The quantitative estimate of drug-likeness (QED) is 0.672. The van der Waals surface area contributed by atoms with Crippen LogP contribution in [0.15, 0.2) is 36.5 Å².